The Balaban J connectivity index is 1.53. The molecule has 0 radical (unpaired) electrons. The zero-order chi connectivity index (χ0) is 20.6. The van der Waals surface area contributed by atoms with E-state index >= 15 is 0 Å². The van der Waals surface area contributed by atoms with Crippen molar-refractivity contribution >= 4 is 12.1 Å². The van der Waals surface area contributed by atoms with Gasteiger partial charge in [0.25, 0.3) is 0 Å². The fourth-order valence-electron chi connectivity index (χ4n) is 4.88. The summed E-state index contributed by atoms with van der Waals surface area (Å²) in [6.45, 7) is 4.49. The molecule has 0 spiro atoms. The number of nitrogens with zero attached hydrogens (tertiary/aromatic N) is 3. The molecule has 0 bridgehead atoms. The highest BCUT2D eigenvalue weighted by Gasteiger charge is 2.58. The standard InChI is InChI=1S/C23H26N4O3/c28-21(25-13-11-24-12-14-25)26-15-16-27-20(17-26)23(30-22(27)29,18-7-3-1-4-8-18)19-9-5-2-6-10-19/h1-10,20,24H,11-17H2. The molecule has 30 heavy (non-hydrogen) atoms. The van der Waals surface area contributed by atoms with Crippen molar-refractivity contribution in [2.45, 2.75) is 11.6 Å². The van der Waals surface area contributed by atoms with Gasteiger partial charge in [-0.2, -0.15) is 0 Å². The Bertz CT molecular complexity index is 875. The molecule has 3 saturated heterocycles. The predicted molar refractivity (Wildman–Crippen MR) is 112 cm³/mol. The van der Waals surface area contributed by atoms with Crippen molar-refractivity contribution in [1.29, 1.82) is 0 Å². The van der Waals surface area contributed by atoms with Gasteiger partial charge in [0.15, 0.2) is 5.60 Å². The van der Waals surface area contributed by atoms with Crippen LogP contribution in [0.3, 0.4) is 0 Å². The molecule has 5 rings (SSSR count). The highest BCUT2D eigenvalue weighted by Crippen LogP contribution is 2.45. The minimum Gasteiger partial charge on any atom is -0.431 e. The van der Waals surface area contributed by atoms with Crippen LogP contribution in [0.1, 0.15) is 11.1 Å². The third kappa shape index (κ3) is 3.01. The van der Waals surface area contributed by atoms with Gasteiger partial charge in [-0.05, 0) is 0 Å². The average Bonchev–Trinajstić information content (AvgIpc) is 3.13. The van der Waals surface area contributed by atoms with E-state index in [1.165, 1.54) is 0 Å². The Kier molecular flexibility index (Phi) is 4.83. The minimum absolute atomic E-state index is 0.0468. The van der Waals surface area contributed by atoms with Gasteiger partial charge in [-0.1, -0.05) is 60.7 Å². The maximum atomic E-state index is 13.2. The molecule has 3 amide bonds. The molecular formula is C23H26N4O3. The number of fused-ring (bicyclic) bond motifs is 1. The Hall–Kier alpha value is -3.06. The first kappa shape index (κ1) is 18.9. The number of nitrogens with one attached hydrogen (secondary N) is 1. The van der Waals surface area contributed by atoms with Gasteiger partial charge in [-0.25, -0.2) is 9.59 Å². The molecule has 0 saturated carbocycles. The molecule has 3 heterocycles. The first-order valence-electron chi connectivity index (χ1n) is 10.6. The van der Waals surface area contributed by atoms with Gasteiger partial charge in [-0.15, -0.1) is 0 Å². The van der Waals surface area contributed by atoms with E-state index < -0.39 is 5.60 Å². The second-order valence-corrected chi connectivity index (χ2v) is 8.01. The lowest BCUT2D eigenvalue weighted by atomic mass is 9.79. The van der Waals surface area contributed by atoms with Crippen molar-refractivity contribution in [1.82, 2.24) is 20.0 Å². The van der Waals surface area contributed by atoms with Crippen LogP contribution in [-0.4, -0.2) is 78.7 Å². The number of hydrogen-bond acceptors (Lipinski definition) is 4. The molecule has 2 aromatic rings. The smallest absolute Gasteiger partial charge is 0.411 e. The average molecular weight is 406 g/mol. The van der Waals surface area contributed by atoms with E-state index in [4.69, 9.17) is 4.74 Å². The summed E-state index contributed by atoms with van der Waals surface area (Å²) < 4.78 is 6.17. The van der Waals surface area contributed by atoms with E-state index in [9.17, 15) is 9.59 Å². The number of hydrogen-bond donors (Lipinski definition) is 1. The number of cyclic esters (lactones) is 1. The number of carbonyl (C=O) groups excluding carboxylic acids is 2. The molecule has 7 heteroatoms. The lowest BCUT2D eigenvalue weighted by Crippen LogP contribution is -2.61. The van der Waals surface area contributed by atoms with E-state index in [1.54, 1.807) is 4.90 Å². The molecule has 3 fully saturated rings. The van der Waals surface area contributed by atoms with Gasteiger partial charge >= 0.3 is 12.1 Å². The second kappa shape index (κ2) is 7.65. The number of piperazine rings is 2. The fraction of sp³-hybridized carbons (Fsp3) is 0.391. The highest BCUT2D eigenvalue weighted by atomic mass is 16.6. The SMILES string of the molecule is O=C(N1CCNCC1)N1CCN2C(=O)OC(c3ccccc3)(c3ccccc3)C2C1. The Morgan fingerprint density at radius 3 is 2.07 bits per heavy atom. The van der Waals surface area contributed by atoms with Gasteiger partial charge in [0.2, 0.25) is 0 Å². The number of ether oxygens (including phenoxy) is 1. The van der Waals surface area contributed by atoms with E-state index in [0.717, 1.165) is 24.2 Å². The summed E-state index contributed by atoms with van der Waals surface area (Å²) >= 11 is 0. The number of rotatable bonds is 2. The zero-order valence-electron chi connectivity index (χ0n) is 16.9. The van der Waals surface area contributed by atoms with E-state index in [-0.39, 0.29) is 18.2 Å². The zero-order valence-corrected chi connectivity index (χ0v) is 16.9. The van der Waals surface area contributed by atoms with Crippen LogP contribution >= 0.6 is 0 Å². The Labute approximate surface area is 176 Å². The lowest BCUT2D eigenvalue weighted by Gasteiger charge is -2.43. The summed E-state index contributed by atoms with van der Waals surface area (Å²) in [5, 5.41) is 3.29. The van der Waals surface area contributed by atoms with Gasteiger partial charge in [0, 0.05) is 56.9 Å². The number of benzene rings is 2. The van der Waals surface area contributed by atoms with Crippen molar-refractivity contribution in [3.63, 3.8) is 0 Å². The van der Waals surface area contributed by atoms with Crippen LogP contribution in [0.15, 0.2) is 60.7 Å². The van der Waals surface area contributed by atoms with Crippen LogP contribution < -0.4 is 5.32 Å². The molecule has 1 atom stereocenters. The fourth-order valence-corrected chi connectivity index (χ4v) is 4.88. The van der Waals surface area contributed by atoms with Crippen LogP contribution in [0, 0.1) is 0 Å². The van der Waals surface area contributed by atoms with E-state index in [2.05, 4.69) is 5.32 Å². The molecule has 156 valence electrons. The normalized spacial score (nSPS) is 23.1. The van der Waals surface area contributed by atoms with Crippen LogP contribution in [0.2, 0.25) is 0 Å². The highest BCUT2D eigenvalue weighted by molar-refractivity contribution is 5.77. The predicted octanol–water partition coefficient (Wildman–Crippen LogP) is 2.09. The lowest BCUT2D eigenvalue weighted by molar-refractivity contribution is 0.0459. The van der Waals surface area contributed by atoms with Gasteiger partial charge in [-0.3, -0.25) is 4.90 Å². The van der Waals surface area contributed by atoms with Crippen LogP contribution in [0.25, 0.3) is 0 Å². The van der Waals surface area contributed by atoms with Crippen molar-refractivity contribution in [3.05, 3.63) is 71.8 Å². The minimum atomic E-state index is -0.942. The second-order valence-electron chi connectivity index (χ2n) is 8.01. The van der Waals surface area contributed by atoms with Crippen molar-refractivity contribution in [2.75, 3.05) is 45.8 Å². The number of carbonyl (C=O) groups is 2. The molecular weight excluding hydrogens is 380 g/mol. The topological polar surface area (TPSA) is 65.1 Å². The van der Waals surface area contributed by atoms with Crippen LogP contribution in [0.4, 0.5) is 9.59 Å². The third-order valence-corrected chi connectivity index (χ3v) is 6.40. The molecule has 3 aliphatic rings. The molecule has 0 aromatic heterocycles. The van der Waals surface area contributed by atoms with Gasteiger partial charge < -0.3 is 19.9 Å². The monoisotopic (exact) mass is 406 g/mol. The molecule has 2 aromatic carbocycles. The first-order chi connectivity index (χ1) is 14.7. The van der Waals surface area contributed by atoms with Crippen LogP contribution in [0.5, 0.6) is 0 Å². The maximum absolute atomic E-state index is 13.2. The summed E-state index contributed by atoms with van der Waals surface area (Å²) in [4.78, 5) is 31.7. The van der Waals surface area contributed by atoms with E-state index in [0.29, 0.717) is 32.7 Å². The molecule has 7 nitrogen and oxygen atoms in total. The summed E-state index contributed by atoms with van der Waals surface area (Å²) in [6.07, 6.45) is -0.318. The Morgan fingerprint density at radius 2 is 1.47 bits per heavy atom. The van der Waals surface area contributed by atoms with Gasteiger partial charge in [0.1, 0.15) is 6.04 Å². The first-order valence-corrected chi connectivity index (χ1v) is 10.6. The molecule has 1 N–H and O–H groups in total. The summed E-state index contributed by atoms with van der Waals surface area (Å²) in [5.74, 6) is 0. The molecule has 3 aliphatic heterocycles. The third-order valence-electron chi connectivity index (χ3n) is 6.40. The molecule has 1 unspecified atom stereocenters. The van der Waals surface area contributed by atoms with Gasteiger partial charge in [0.05, 0.1) is 0 Å². The number of urea groups is 1. The molecule has 0 aliphatic carbocycles. The van der Waals surface area contributed by atoms with Crippen molar-refractivity contribution in [3.8, 4) is 0 Å². The maximum Gasteiger partial charge on any atom is 0.411 e. The summed E-state index contributed by atoms with van der Waals surface area (Å²) in [7, 11) is 0. The quantitative estimate of drug-likeness (QED) is 0.830. The largest absolute Gasteiger partial charge is 0.431 e. The van der Waals surface area contributed by atoms with Crippen LogP contribution in [-0.2, 0) is 10.3 Å². The summed E-state index contributed by atoms with van der Waals surface area (Å²) in [6, 6.07) is 19.5. The number of amides is 3. The van der Waals surface area contributed by atoms with Crippen molar-refractivity contribution in [2.24, 2.45) is 0 Å². The summed E-state index contributed by atoms with van der Waals surface area (Å²) in [5.41, 5.74) is 0.907. The Morgan fingerprint density at radius 1 is 0.867 bits per heavy atom. The van der Waals surface area contributed by atoms with E-state index in [1.807, 2.05) is 70.5 Å². The van der Waals surface area contributed by atoms with Crippen molar-refractivity contribution < 1.29 is 14.3 Å².